The maximum atomic E-state index is 12.2. The molecule has 6 nitrogen and oxygen atoms in total. The number of aryl methyl sites for hydroxylation is 1. The van der Waals surface area contributed by atoms with E-state index >= 15 is 0 Å². The molecular weight excluding hydrogens is 258 g/mol. The van der Waals surface area contributed by atoms with Crippen molar-refractivity contribution in [2.24, 2.45) is 5.92 Å². The van der Waals surface area contributed by atoms with E-state index in [1.807, 2.05) is 18.5 Å². The van der Waals surface area contributed by atoms with E-state index in [-0.39, 0.29) is 11.8 Å². The van der Waals surface area contributed by atoms with Gasteiger partial charge in [-0.05, 0) is 31.6 Å². The third-order valence-corrected chi connectivity index (χ3v) is 3.54. The number of hydrogen-bond donors (Lipinski definition) is 2. The summed E-state index contributed by atoms with van der Waals surface area (Å²) in [5, 5.41) is 16.0. The van der Waals surface area contributed by atoms with Crippen LogP contribution in [0.25, 0.3) is 0 Å². The van der Waals surface area contributed by atoms with Crippen LogP contribution in [0, 0.1) is 5.92 Å². The van der Waals surface area contributed by atoms with E-state index in [1.54, 1.807) is 6.20 Å². The van der Waals surface area contributed by atoms with E-state index < -0.39 is 12.0 Å². The predicted molar refractivity (Wildman–Crippen MR) is 73.5 cm³/mol. The summed E-state index contributed by atoms with van der Waals surface area (Å²) in [6, 6.07) is -0.846. The van der Waals surface area contributed by atoms with Gasteiger partial charge in [0.25, 0.3) is 5.91 Å². The van der Waals surface area contributed by atoms with Crippen LogP contribution < -0.4 is 5.32 Å². The highest BCUT2D eigenvalue weighted by atomic mass is 16.4. The molecule has 0 bridgehead atoms. The fraction of sp³-hybridized carbons (Fsp3) is 0.643. The molecule has 1 atom stereocenters. The SMILES string of the molecule is CC(C)C[C@@H](NC(=O)c1cnn2c1CCCC2)C(=O)O. The lowest BCUT2D eigenvalue weighted by molar-refractivity contribution is -0.139. The minimum absolute atomic E-state index is 0.206. The molecule has 0 spiro atoms. The lowest BCUT2D eigenvalue weighted by atomic mass is 10.0. The summed E-state index contributed by atoms with van der Waals surface area (Å²) in [5.41, 5.74) is 1.43. The van der Waals surface area contributed by atoms with Gasteiger partial charge in [0.1, 0.15) is 6.04 Å². The molecule has 2 heterocycles. The summed E-state index contributed by atoms with van der Waals surface area (Å²) < 4.78 is 1.84. The Balaban J connectivity index is 2.10. The summed E-state index contributed by atoms with van der Waals surface area (Å²) in [6.07, 6.45) is 4.90. The molecule has 0 unspecified atom stereocenters. The molecule has 2 N–H and O–H groups in total. The van der Waals surface area contributed by atoms with Crippen LogP contribution in [0.4, 0.5) is 0 Å². The molecule has 110 valence electrons. The van der Waals surface area contributed by atoms with Gasteiger partial charge in [0, 0.05) is 6.54 Å². The van der Waals surface area contributed by atoms with Gasteiger partial charge in [-0.25, -0.2) is 4.79 Å². The first kappa shape index (κ1) is 14.6. The van der Waals surface area contributed by atoms with Gasteiger partial charge in [0.05, 0.1) is 17.5 Å². The third-order valence-electron chi connectivity index (χ3n) is 3.54. The zero-order valence-electron chi connectivity index (χ0n) is 11.9. The van der Waals surface area contributed by atoms with E-state index in [0.717, 1.165) is 31.5 Å². The second-order valence-corrected chi connectivity index (χ2v) is 5.68. The maximum Gasteiger partial charge on any atom is 0.326 e. The number of carbonyl (C=O) groups excluding carboxylic acids is 1. The number of aromatic nitrogens is 2. The largest absolute Gasteiger partial charge is 0.480 e. The number of fused-ring (bicyclic) bond motifs is 1. The van der Waals surface area contributed by atoms with Crippen molar-refractivity contribution in [2.75, 3.05) is 0 Å². The Bertz CT molecular complexity index is 508. The number of hydrogen-bond acceptors (Lipinski definition) is 3. The minimum atomic E-state index is -0.993. The van der Waals surface area contributed by atoms with E-state index in [4.69, 9.17) is 0 Å². The molecule has 0 saturated carbocycles. The van der Waals surface area contributed by atoms with Gasteiger partial charge >= 0.3 is 5.97 Å². The molecule has 0 aliphatic carbocycles. The Labute approximate surface area is 118 Å². The first-order chi connectivity index (χ1) is 9.49. The fourth-order valence-electron chi connectivity index (χ4n) is 2.54. The summed E-state index contributed by atoms with van der Waals surface area (Å²) >= 11 is 0. The van der Waals surface area contributed by atoms with Gasteiger partial charge in [-0.2, -0.15) is 5.10 Å². The predicted octanol–water partition coefficient (Wildman–Crippen LogP) is 1.45. The Morgan fingerprint density at radius 1 is 1.45 bits per heavy atom. The second kappa shape index (κ2) is 6.07. The zero-order valence-corrected chi connectivity index (χ0v) is 11.9. The first-order valence-corrected chi connectivity index (χ1v) is 7.07. The van der Waals surface area contributed by atoms with Crippen molar-refractivity contribution >= 4 is 11.9 Å². The zero-order chi connectivity index (χ0) is 14.7. The normalized spacial score (nSPS) is 15.8. The Hall–Kier alpha value is -1.85. The number of carboxylic acid groups (broad SMARTS) is 1. The highest BCUT2D eigenvalue weighted by molar-refractivity contribution is 5.97. The second-order valence-electron chi connectivity index (χ2n) is 5.68. The summed E-state index contributed by atoms with van der Waals surface area (Å²) in [5.74, 6) is -1.12. The van der Waals surface area contributed by atoms with Crippen molar-refractivity contribution in [1.82, 2.24) is 15.1 Å². The molecule has 1 amide bonds. The quantitative estimate of drug-likeness (QED) is 0.854. The van der Waals surface area contributed by atoms with Gasteiger partial charge < -0.3 is 10.4 Å². The van der Waals surface area contributed by atoms with Crippen LogP contribution in [0.1, 0.15) is 49.2 Å². The molecule has 0 fully saturated rings. The van der Waals surface area contributed by atoms with Gasteiger partial charge in [-0.1, -0.05) is 13.8 Å². The Morgan fingerprint density at radius 2 is 2.20 bits per heavy atom. The van der Waals surface area contributed by atoms with Crippen molar-refractivity contribution in [1.29, 1.82) is 0 Å². The molecule has 1 aliphatic heterocycles. The van der Waals surface area contributed by atoms with Crippen LogP contribution >= 0.6 is 0 Å². The third kappa shape index (κ3) is 3.18. The van der Waals surface area contributed by atoms with E-state index in [9.17, 15) is 14.7 Å². The summed E-state index contributed by atoms with van der Waals surface area (Å²) in [4.78, 5) is 23.4. The molecule has 0 aromatic carbocycles. The van der Waals surface area contributed by atoms with Crippen LogP contribution in [0.2, 0.25) is 0 Å². The molecule has 2 rings (SSSR count). The van der Waals surface area contributed by atoms with Crippen molar-refractivity contribution in [2.45, 2.75) is 52.1 Å². The fourth-order valence-corrected chi connectivity index (χ4v) is 2.54. The number of carboxylic acids is 1. The average Bonchev–Trinajstić information content (AvgIpc) is 2.81. The smallest absolute Gasteiger partial charge is 0.326 e. The van der Waals surface area contributed by atoms with E-state index in [2.05, 4.69) is 10.4 Å². The highest BCUT2D eigenvalue weighted by Gasteiger charge is 2.25. The molecule has 1 aromatic heterocycles. The molecule has 20 heavy (non-hydrogen) atoms. The number of rotatable bonds is 5. The average molecular weight is 279 g/mol. The van der Waals surface area contributed by atoms with Gasteiger partial charge in [0.2, 0.25) is 0 Å². The highest BCUT2D eigenvalue weighted by Crippen LogP contribution is 2.18. The minimum Gasteiger partial charge on any atom is -0.480 e. The molecule has 6 heteroatoms. The van der Waals surface area contributed by atoms with Crippen LogP contribution in [0.3, 0.4) is 0 Å². The number of aliphatic carboxylic acids is 1. The monoisotopic (exact) mass is 279 g/mol. The van der Waals surface area contributed by atoms with Gasteiger partial charge in [0.15, 0.2) is 0 Å². The van der Waals surface area contributed by atoms with Crippen LogP contribution in [0.5, 0.6) is 0 Å². The lowest BCUT2D eigenvalue weighted by Gasteiger charge is -2.18. The van der Waals surface area contributed by atoms with Crippen LogP contribution in [-0.4, -0.2) is 32.8 Å². The molecule has 1 aliphatic rings. The standard InChI is InChI=1S/C14H21N3O3/c1-9(2)7-11(14(19)20)16-13(18)10-8-15-17-6-4-3-5-12(10)17/h8-9,11H,3-7H2,1-2H3,(H,16,18)(H,19,20)/t11-/m1/s1. The maximum absolute atomic E-state index is 12.2. The summed E-state index contributed by atoms with van der Waals surface area (Å²) in [7, 11) is 0. The molecule has 0 radical (unpaired) electrons. The number of carbonyl (C=O) groups is 2. The van der Waals surface area contributed by atoms with Crippen molar-refractivity contribution in [3.05, 3.63) is 17.5 Å². The number of nitrogens with zero attached hydrogens (tertiary/aromatic N) is 2. The molecular formula is C14H21N3O3. The number of nitrogens with one attached hydrogen (secondary N) is 1. The Morgan fingerprint density at radius 3 is 2.85 bits per heavy atom. The lowest BCUT2D eigenvalue weighted by Crippen LogP contribution is -2.41. The van der Waals surface area contributed by atoms with E-state index in [0.29, 0.717) is 12.0 Å². The van der Waals surface area contributed by atoms with Gasteiger partial charge in [-0.15, -0.1) is 0 Å². The summed E-state index contributed by atoms with van der Waals surface area (Å²) in [6.45, 7) is 4.70. The van der Waals surface area contributed by atoms with E-state index in [1.165, 1.54) is 0 Å². The molecule has 1 aromatic rings. The molecule has 0 saturated heterocycles. The van der Waals surface area contributed by atoms with Crippen molar-refractivity contribution in [3.63, 3.8) is 0 Å². The van der Waals surface area contributed by atoms with Crippen LogP contribution in [0.15, 0.2) is 6.20 Å². The first-order valence-electron chi connectivity index (χ1n) is 7.07. The topological polar surface area (TPSA) is 84.2 Å². The number of amides is 1. The van der Waals surface area contributed by atoms with Crippen LogP contribution in [-0.2, 0) is 17.8 Å². The van der Waals surface area contributed by atoms with Gasteiger partial charge in [-0.3, -0.25) is 9.48 Å². The Kier molecular flexibility index (Phi) is 4.42. The van der Waals surface area contributed by atoms with Crippen molar-refractivity contribution < 1.29 is 14.7 Å². The van der Waals surface area contributed by atoms with Crippen molar-refractivity contribution in [3.8, 4) is 0 Å².